The topological polar surface area (TPSA) is 54.9 Å². The van der Waals surface area contributed by atoms with Gasteiger partial charge in [0, 0.05) is 16.3 Å². The first-order valence-corrected chi connectivity index (χ1v) is 9.63. The lowest BCUT2D eigenvalue weighted by atomic mass is 10.2. The summed E-state index contributed by atoms with van der Waals surface area (Å²) in [4.78, 5) is 0. The second kappa shape index (κ2) is 10.5. The van der Waals surface area contributed by atoms with Crippen LogP contribution in [0.1, 0.15) is 11.1 Å². The smallest absolute Gasteiger partial charge is 0.191 e. The Morgan fingerprint density at radius 3 is 2.62 bits per heavy atom. The Balaban J connectivity index is 1.68. The van der Waals surface area contributed by atoms with Crippen molar-refractivity contribution in [2.45, 2.75) is 6.61 Å². The summed E-state index contributed by atoms with van der Waals surface area (Å²) in [5, 5.41) is 8.31. The third kappa shape index (κ3) is 6.20. The summed E-state index contributed by atoms with van der Waals surface area (Å²) in [7, 11) is 1.60. The number of para-hydroxylation sites is 2. The molecule has 0 spiro atoms. The van der Waals surface area contributed by atoms with Crippen molar-refractivity contribution in [3.05, 3.63) is 88.9 Å². The van der Waals surface area contributed by atoms with Gasteiger partial charge < -0.3 is 14.8 Å². The molecular formula is C22H20ClN3O2S. The zero-order valence-corrected chi connectivity index (χ0v) is 17.3. The highest BCUT2D eigenvalue weighted by molar-refractivity contribution is 7.80. The number of hydrogen-bond acceptors (Lipinski definition) is 4. The van der Waals surface area contributed by atoms with E-state index < -0.39 is 0 Å². The van der Waals surface area contributed by atoms with Crippen LogP contribution < -0.4 is 20.2 Å². The molecule has 3 rings (SSSR count). The molecule has 0 atom stereocenters. The number of benzene rings is 3. The Morgan fingerprint density at radius 1 is 1.07 bits per heavy atom. The van der Waals surface area contributed by atoms with E-state index in [1.807, 2.05) is 72.8 Å². The van der Waals surface area contributed by atoms with Crippen molar-refractivity contribution >= 4 is 40.8 Å². The van der Waals surface area contributed by atoms with Gasteiger partial charge in [-0.2, -0.15) is 5.10 Å². The van der Waals surface area contributed by atoms with E-state index in [0.29, 0.717) is 28.2 Å². The van der Waals surface area contributed by atoms with Crippen LogP contribution in [0.4, 0.5) is 5.69 Å². The monoisotopic (exact) mass is 425 g/mol. The summed E-state index contributed by atoms with van der Waals surface area (Å²) in [6, 6.07) is 22.7. The van der Waals surface area contributed by atoms with Gasteiger partial charge >= 0.3 is 0 Å². The molecule has 0 radical (unpaired) electrons. The van der Waals surface area contributed by atoms with Gasteiger partial charge in [-0.3, -0.25) is 5.43 Å². The Kier molecular flexibility index (Phi) is 7.44. The van der Waals surface area contributed by atoms with Gasteiger partial charge in [0.05, 0.1) is 13.3 Å². The number of hydrogen-bond donors (Lipinski definition) is 2. The molecular weight excluding hydrogens is 406 g/mol. The largest absolute Gasteiger partial charge is 0.493 e. The number of nitrogens with one attached hydrogen (secondary N) is 2. The molecule has 0 heterocycles. The average Bonchev–Trinajstić information content (AvgIpc) is 2.73. The number of methoxy groups -OCH3 is 1. The lowest BCUT2D eigenvalue weighted by Crippen LogP contribution is -2.23. The molecule has 148 valence electrons. The van der Waals surface area contributed by atoms with Crippen molar-refractivity contribution in [2.24, 2.45) is 5.10 Å². The molecule has 0 aliphatic rings. The average molecular weight is 426 g/mol. The molecule has 5 nitrogen and oxygen atoms in total. The Hall–Kier alpha value is -3.09. The molecule has 0 saturated carbocycles. The van der Waals surface area contributed by atoms with Crippen LogP contribution in [0.15, 0.2) is 77.9 Å². The predicted octanol–water partition coefficient (Wildman–Crippen LogP) is 5.25. The highest BCUT2D eigenvalue weighted by Gasteiger charge is 2.10. The molecule has 0 saturated heterocycles. The Labute approximate surface area is 180 Å². The lowest BCUT2D eigenvalue weighted by molar-refractivity contribution is 0.284. The minimum absolute atomic E-state index is 0.350. The fourth-order valence-electron chi connectivity index (χ4n) is 2.57. The highest BCUT2D eigenvalue weighted by atomic mass is 35.5. The van der Waals surface area contributed by atoms with Crippen LogP contribution in [0.3, 0.4) is 0 Å². The van der Waals surface area contributed by atoms with E-state index in [1.54, 1.807) is 13.3 Å². The molecule has 0 aliphatic carbocycles. The van der Waals surface area contributed by atoms with Crippen LogP contribution in [0.5, 0.6) is 11.5 Å². The maximum Gasteiger partial charge on any atom is 0.191 e. The number of halogens is 1. The predicted molar refractivity (Wildman–Crippen MR) is 122 cm³/mol. The normalized spacial score (nSPS) is 10.6. The maximum absolute atomic E-state index is 6.04. The highest BCUT2D eigenvalue weighted by Crippen LogP contribution is 2.31. The maximum atomic E-state index is 6.04. The fourth-order valence-corrected chi connectivity index (χ4v) is 2.96. The van der Waals surface area contributed by atoms with Crippen LogP contribution >= 0.6 is 23.8 Å². The van der Waals surface area contributed by atoms with E-state index in [-0.39, 0.29) is 0 Å². The molecule has 0 unspecified atom stereocenters. The number of anilines is 1. The zero-order chi connectivity index (χ0) is 20.5. The van der Waals surface area contributed by atoms with Gasteiger partial charge in [0.15, 0.2) is 16.6 Å². The van der Waals surface area contributed by atoms with Crippen LogP contribution in [0.2, 0.25) is 5.02 Å². The molecule has 0 amide bonds. The van der Waals surface area contributed by atoms with Gasteiger partial charge in [0.2, 0.25) is 0 Å². The SMILES string of the molecule is COc1cccc(/C=N\NC(=S)Nc2ccccc2)c1OCc1cccc(Cl)c1. The summed E-state index contributed by atoms with van der Waals surface area (Å²) < 4.78 is 11.4. The van der Waals surface area contributed by atoms with Crippen molar-refractivity contribution < 1.29 is 9.47 Å². The molecule has 0 bridgehead atoms. The van der Waals surface area contributed by atoms with Gasteiger partial charge in [-0.05, 0) is 54.2 Å². The number of rotatable bonds is 7. The number of thiocarbonyl (C=S) groups is 1. The minimum atomic E-state index is 0.350. The summed E-state index contributed by atoms with van der Waals surface area (Å²) in [5.74, 6) is 1.20. The molecule has 3 aromatic rings. The van der Waals surface area contributed by atoms with Crippen molar-refractivity contribution in [1.82, 2.24) is 5.43 Å². The third-order valence-corrected chi connectivity index (χ3v) is 4.33. The Morgan fingerprint density at radius 2 is 1.86 bits per heavy atom. The van der Waals surface area contributed by atoms with E-state index in [4.69, 9.17) is 33.3 Å². The molecule has 0 fully saturated rings. The molecule has 0 aromatic heterocycles. The van der Waals surface area contributed by atoms with Crippen LogP contribution in [-0.4, -0.2) is 18.4 Å². The first kappa shape index (κ1) is 20.6. The molecule has 7 heteroatoms. The van der Waals surface area contributed by atoms with Crippen LogP contribution in [0.25, 0.3) is 0 Å². The third-order valence-electron chi connectivity index (χ3n) is 3.90. The van der Waals surface area contributed by atoms with E-state index in [1.165, 1.54) is 0 Å². The second-order valence-corrected chi connectivity index (χ2v) is 6.83. The first-order valence-electron chi connectivity index (χ1n) is 8.85. The van der Waals surface area contributed by atoms with Gasteiger partial charge in [0.1, 0.15) is 6.61 Å². The minimum Gasteiger partial charge on any atom is -0.493 e. The Bertz CT molecular complexity index is 996. The molecule has 3 aromatic carbocycles. The molecule has 0 aliphatic heterocycles. The summed E-state index contributed by atoms with van der Waals surface area (Å²) in [5.41, 5.74) is 5.39. The van der Waals surface area contributed by atoms with Crippen molar-refractivity contribution in [2.75, 3.05) is 12.4 Å². The number of hydrazone groups is 1. The first-order chi connectivity index (χ1) is 14.2. The summed E-state index contributed by atoms with van der Waals surface area (Å²) >= 11 is 11.3. The summed E-state index contributed by atoms with van der Waals surface area (Å²) in [6.45, 7) is 0.350. The van der Waals surface area contributed by atoms with E-state index in [9.17, 15) is 0 Å². The van der Waals surface area contributed by atoms with Crippen molar-refractivity contribution in [1.29, 1.82) is 0 Å². The second-order valence-electron chi connectivity index (χ2n) is 5.99. The quantitative estimate of drug-likeness (QED) is 0.307. The van der Waals surface area contributed by atoms with E-state index >= 15 is 0 Å². The zero-order valence-electron chi connectivity index (χ0n) is 15.8. The van der Waals surface area contributed by atoms with Gasteiger partial charge in [0.25, 0.3) is 0 Å². The van der Waals surface area contributed by atoms with Gasteiger partial charge in [-0.1, -0.05) is 48.0 Å². The standard InChI is InChI=1S/C22H20ClN3O2S/c1-27-20-12-6-8-17(21(20)28-15-16-7-5-9-18(23)13-16)14-24-26-22(29)25-19-10-3-2-4-11-19/h2-14H,15H2,1H3,(H2,25,26,29)/b24-14-. The van der Waals surface area contributed by atoms with E-state index in [2.05, 4.69) is 15.8 Å². The van der Waals surface area contributed by atoms with Gasteiger partial charge in [-0.25, -0.2) is 0 Å². The van der Waals surface area contributed by atoms with Gasteiger partial charge in [-0.15, -0.1) is 0 Å². The number of nitrogens with zero attached hydrogens (tertiary/aromatic N) is 1. The lowest BCUT2D eigenvalue weighted by Gasteiger charge is -2.13. The molecule has 29 heavy (non-hydrogen) atoms. The van der Waals surface area contributed by atoms with Crippen molar-refractivity contribution in [3.63, 3.8) is 0 Å². The van der Waals surface area contributed by atoms with E-state index in [0.717, 1.165) is 16.8 Å². The summed E-state index contributed by atoms with van der Waals surface area (Å²) in [6.07, 6.45) is 1.63. The molecule has 2 N–H and O–H groups in total. The van der Waals surface area contributed by atoms with Crippen molar-refractivity contribution in [3.8, 4) is 11.5 Å². The fraction of sp³-hybridized carbons (Fsp3) is 0.0909. The number of ether oxygens (including phenoxy) is 2. The van der Waals surface area contributed by atoms with Crippen LogP contribution in [0, 0.1) is 0 Å². The van der Waals surface area contributed by atoms with Crippen LogP contribution in [-0.2, 0) is 6.61 Å².